The SMILES string of the molecule is COC(=O)[C@H](CC(=O)CF)NC(=O)[C@H](C)NC(=O)[C@@H](NC(=O)OCc1ccccc1)C(C)C. The number of benzene rings is 1. The van der Waals surface area contributed by atoms with E-state index in [1.807, 2.05) is 6.07 Å². The molecule has 182 valence electrons. The van der Waals surface area contributed by atoms with Gasteiger partial charge in [-0.2, -0.15) is 0 Å². The number of ether oxygens (including phenoxy) is 2. The number of methoxy groups -OCH3 is 1. The second-order valence-corrected chi connectivity index (χ2v) is 7.62. The molecule has 1 aromatic carbocycles. The standard InChI is InChI=1S/C22H30FN3O7/c1-13(2)18(26-22(31)33-12-15-8-6-5-7-9-15)20(29)24-14(3)19(28)25-17(21(30)32-4)10-16(27)11-23/h5-9,13-14,17-18H,10-12H2,1-4H3,(H,24,29)(H,25,28)(H,26,31)/t14-,17-,18-/m0/s1. The molecule has 0 radical (unpaired) electrons. The van der Waals surface area contributed by atoms with E-state index in [0.717, 1.165) is 12.7 Å². The summed E-state index contributed by atoms with van der Waals surface area (Å²) in [4.78, 5) is 60.3. The Balaban J connectivity index is 2.68. The molecule has 0 aliphatic heterocycles. The molecule has 3 atom stereocenters. The van der Waals surface area contributed by atoms with Gasteiger partial charge in [0.05, 0.1) is 7.11 Å². The lowest BCUT2D eigenvalue weighted by Gasteiger charge is -2.24. The second-order valence-electron chi connectivity index (χ2n) is 7.62. The van der Waals surface area contributed by atoms with E-state index < -0.39 is 60.9 Å². The maximum Gasteiger partial charge on any atom is 0.408 e. The van der Waals surface area contributed by atoms with Crippen LogP contribution < -0.4 is 16.0 Å². The van der Waals surface area contributed by atoms with Crippen LogP contribution in [0, 0.1) is 5.92 Å². The van der Waals surface area contributed by atoms with Crippen LogP contribution >= 0.6 is 0 Å². The Labute approximate surface area is 191 Å². The van der Waals surface area contributed by atoms with Crippen LogP contribution in [-0.4, -0.2) is 61.6 Å². The van der Waals surface area contributed by atoms with Crippen LogP contribution in [0.3, 0.4) is 0 Å². The number of hydrogen-bond donors (Lipinski definition) is 3. The summed E-state index contributed by atoms with van der Waals surface area (Å²) in [5.41, 5.74) is 0.773. The smallest absolute Gasteiger partial charge is 0.408 e. The normalized spacial score (nSPS) is 13.3. The highest BCUT2D eigenvalue weighted by atomic mass is 19.1. The van der Waals surface area contributed by atoms with Crippen molar-refractivity contribution in [2.75, 3.05) is 13.8 Å². The van der Waals surface area contributed by atoms with Crippen molar-refractivity contribution in [1.82, 2.24) is 16.0 Å². The van der Waals surface area contributed by atoms with Crippen LogP contribution in [0.1, 0.15) is 32.8 Å². The van der Waals surface area contributed by atoms with Gasteiger partial charge in [-0.05, 0) is 18.4 Å². The van der Waals surface area contributed by atoms with Crippen molar-refractivity contribution in [3.8, 4) is 0 Å². The fourth-order valence-corrected chi connectivity index (χ4v) is 2.71. The predicted molar refractivity (Wildman–Crippen MR) is 116 cm³/mol. The van der Waals surface area contributed by atoms with Crippen LogP contribution in [-0.2, 0) is 35.3 Å². The topological polar surface area (TPSA) is 140 Å². The highest BCUT2D eigenvalue weighted by molar-refractivity contribution is 5.94. The molecule has 0 aliphatic rings. The summed E-state index contributed by atoms with van der Waals surface area (Å²) in [7, 11) is 1.06. The highest BCUT2D eigenvalue weighted by Crippen LogP contribution is 2.06. The Morgan fingerprint density at radius 2 is 1.58 bits per heavy atom. The van der Waals surface area contributed by atoms with E-state index in [2.05, 4.69) is 20.7 Å². The molecule has 0 aliphatic carbocycles. The fourth-order valence-electron chi connectivity index (χ4n) is 2.71. The van der Waals surface area contributed by atoms with E-state index in [4.69, 9.17) is 4.74 Å². The molecule has 3 amide bonds. The Hall–Kier alpha value is -3.50. The van der Waals surface area contributed by atoms with Gasteiger partial charge in [0, 0.05) is 6.42 Å². The van der Waals surface area contributed by atoms with Gasteiger partial charge in [-0.25, -0.2) is 14.0 Å². The molecule has 0 spiro atoms. The Morgan fingerprint density at radius 1 is 0.939 bits per heavy atom. The van der Waals surface area contributed by atoms with Crippen molar-refractivity contribution in [2.24, 2.45) is 5.92 Å². The molecule has 33 heavy (non-hydrogen) atoms. The number of alkyl halides is 1. The molecule has 0 bridgehead atoms. The number of carbonyl (C=O) groups is 5. The van der Waals surface area contributed by atoms with Crippen molar-refractivity contribution in [3.05, 3.63) is 35.9 Å². The number of Topliss-reactive ketones (excluding diaryl/α,β-unsaturated/α-hetero) is 1. The first kappa shape index (κ1) is 27.5. The Morgan fingerprint density at radius 3 is 2.12 bits per heavy atom. The van der Waals surface area contributed by atoms with E-state index in [-0.39, 0.29) is 12.5 Å². The number of nitrogens with one attached hydrogen (secondary N) is 3. The predicted octanol–water partition coefficient (Wildman–Crippen LogP) is 1.03. The summed E-state index contributed by atoms with van der Waals surface area (Å²) in [5, 5.41) is 7.16. The largest absolute Gasteiger partial charge is 0.467 e. The first-order valence-electron chi connectivity index (χ1n) is 10.3. The minimum atomic E-state index is -1.39. The van der Waals surface area contributed by atoms with Crippen LogP contribution in [0.15, 0.2) is 30.3 Å². The molecule has 10 nitrogen and oxygen atoms in total. The lowest BCUT2D eigenvalue weighted by atomic mass is 10.0. The zero-order chi connectivity index (χ0) is 25.0. The molecule has 11 heteroatoms. The van der Waals surface area contributed by atoms with Crippen LogP contribution in [0.4, 0.5) is 9.18 Å². The van der Waals surface area contributed by atoms with Crippen LogP contribution in [0.25, 0.3) is 0 Å². The Bertz CT molecular complexity index is 833. The molecular formula is C22H30FN3O7. The van der Waals surface area contributed by atoms with E-state index in [9.17, 15) is 28.4 Å². The summed E-state index contributed by atoms with van der Waals surface area (Å²) in [6.45, 7) is 3.47. The number of amides is 3. The first-order chi connectivity index (χ1) is 15.6. The van der Waals surface area contributed by atoms with Crippen molar-refractivity contribution in [2.45, 2.75) is 51.9 Å². The molecule has 0 heterocycles. The van der Waals surface area contributed by atoms with Gasteiger partial charge in [0.25, 0.3) is 0 Å². The molecule has 0 saturated carbocycles. The summed E-state index contributed by atoms with van der Waals surface area (Å²) >= 11 is 0. The van der Waals surface area contributed by atoms with Crippen LogP contribution in [0.2, 0.25) is 0 Å². The van der Waals surface area contributed by atoms with E-state index in [1.54, 1.807) is 38.1 Å². The van der Waals surface area contributed by atoms with Gasteiger partial charge >= 0.3 is 12.1 Å². The number of ketones is 1. The number of carbonyl (C=O) groups excluding carboxylic acids is 5. The molecular weight excluding hydrogens is 437 g/mol. The minimum absolute atomic E-state index is 0.0183. The van der Waals surface area contributed by atoms with Gasteiger partial charge in [-0.15, -0.1) is 0 Å². The van der Waals surface area contributed by atoms with Gasteiger partial charge in [-0.3, -0.25) is 14.4 Å². The molecule has 3 N–H and O–H groups in total. The fraction of sp³-hybridized carbons (Fsp3) is 0.500. The molecule has 0 saturated heterocycles. The van der Waals surface area contributed by atoms with E-state index in [1.165, 1.54) is 6.92 Å². The third-order valence-electron chi connectivity index (χ3n) is 4.57. The van der Waals surface area contributed by atoms with Gasteiger partial charge < -0.3 is 25.4 Å². The maximum atomic E-state index is 12.7. The Kier molecular flexibility index (Phi) is 11.5. The average Bonchev–Trinajstić information content (AvgIpc) is 2.80. The maximum absolute atomic E-state index is 12.7. The molecule has 1 rings (SSSR count). The van der Waals surface area contributed by atoms with Gasteiger partial charge in [0.2, 0.25) is 11.8 Å². The third-order valence-corrected chi connectivity index (χ3v) is 4.57. The number of hydrogen-bond acceptors (Lipinski definition) is 7. The molecule has 0 fully saturated rings. The second kappa shape index (κ2) is 13.8. The number of esters is 1. The molecule has 1 aromatic rings. The summed E-state index contributed by atoms with van der Waals surface area (Å²) in [6, 6.07) is 5.45. The lowest BCUT2D eigenvalue weighted by molar-refractivity contribution is -0.146. The molecule has 0 aromatic heterocycles. The highest BCUT2D eigenvalue weighted by Gasteiger charge is 2.30. The number of alkyl carbamates (subject to hydrolysis) is 1. The van der Waals surface area contributed by atoms with Crippen molar-refractivity contribution in [1.29, 1.82) is 0 Å². The summed E-state index contributed by atoms with van der Waals surface area (Å²) < 4.78 is 22.1. The van der Waals surface area contributed by atoms with Gasteiger partial charge in [0.15, 0.2) is 5.78 Å². The van der Waals surface area contributed by atoms with Crippen molar-refractivity contribution in [3.63, 3.8) is 0 Å². The van der Waals surface area contributed by atoms with E-state index >= 15 is 0 Å². The number of halogens is 1. The minimum Gasteiger partial charge on any atom is -0.467 e. The van der Waals surface area contributed by atoms with Crippen LogP contribution in [0.5, 0.6) is 0 Å². The lowest BCUT2D eigenvalue weighted by Crippen LogP contribution is -2.56. The average molecular weight is 467 g/mol. The van der Waals surface area contributed by atoms with E-state index in [0.29, 0.717) is 0 Å². The zero-order valence-electron chi connectivity index (χ0n) is 19.1. The van der Waals surface area contributed by atoms with Gasteiger partial charge in [-0.1, -0.05) is 44.2 Å². The first-order valence-corrected chi connectivity index (χ1v) is 10.3. The van der Waals surface area contributed by atoms with Gasteiger partial charge in [0.1, 0.15) is 31.4 Å². The van der Waals surface area contributed by atoms with Crippen molar-refractivity contribution < 1.29 is 37.8 Å². The monoisotopic (exact) mass is 467 g/mol. The molecule has 0 unspecified atom stereocenters. The summed E-state index contributed by atoms with van der Waals surface area (Å²) in [6.07, 6.45) is -1.39. The number of rotatable bonds is 12. The third kappa shape index (κ3) is 9.67. The van der Waals surface area contributed by atoms with Crippen molar-refractivity contribution >= 4 is 29.7 Å². The zero-order valence-corrected chi connectivity index (χ0v) is 19.1. The quantitative estimate of drug-likeness (QED) is 0.390. The summed E-state index contributed by atoms with van der Waals surface area (Å²) in [5.74, 6) is -3.60.